The molecule has 0 spiro atoms. The van der Waals surface area contributed by atoms with Crippen molar-refractivity contribution in [3.05, 3.63) is 33.5 Å². The molecule has 1 aliphatic rings. The summed E-state index contributed by atoms with van der Waals surface area (Å²) in [5, 5.41) is 1.20. The molecule has 1 aromatic carbocycles. The van der Waals surface area contributed by atoms with Crippen molar-refractivity contribution >= 4 is 17.2 Å². The van der Waals surface area contributed by atoms with Crippen molar-refractivity contribution in [2.75, 3.05) is 0 Å². The van der Waals surface area contributed by atoms with E-state index in [1.807, 2.05) is 0 Å². The van der Waals surface area contributed by atoms with Crippen LogP contribution in [0.1, 0.15) is 77.0 Å². The maximum Gasteiger partial charge on any atom is 0.152 e. The number of fused-ring (bicyclic) bond motifs is 3. The highest BCUT2D eigenvalue weighted by atomic mass is 16.1. The number of nitrogens with zero attached hydrogens (tertiary/aromatic N) is 1. The Kier molecular flexibility index (Phi) is 3.23. The Hall–Kier alpha value is -1.57. The van der Waals surface area contributed by atoms with Gasteiger partial charge in [-0.2, -0.15) is 0 Å². The molecule has 0 N–H and O–H groups in total. The number of benzene rings is 1. The molecule has 21 heavy (non-hydrogen) atoms. The number of rotatable bonds is 1. The van der Waals surface area contributed by atoms with E-state index in [-0.39, 0.29) is 0 Å². The summed E-state index contributed by atoms with van der Waals surface area (Å²) < 4.78 is 2.46. The highest BCUT2D eigenvalue weighted by Gasteiger charge is 2.30. The van der Waals surface area contributed by atoms with Gasteiger partial charge < -0.3 is 4.57 Å². The summed E-state index contributed by atoms with van der Waals surface area (Å²) in [5.74, 6) is 0.466. The van der Waals surface area contributed by atoms with Crippen LogP contribution in [0.5, 0.6) is 0 Å². The Labute approximate surface area is 127 Å². The van der Waals surface area contributed by atoms with E-state index < -0.39 is 0 Å². The highest BCUT2D eigenvalue weighted by molar-refractivity contribution is 6.03. The molecule has 2 heteroatoms. The lowest BCUT2D eigenvalue weighted by molar-refractivity contribution is 0.112. The van der Waals surface area contributed by atoms with E-state index in [4.69, 9.17) is 0 Å². The lowest BCUT2D eigenvalue weighted by Crippen LogP contribution is -2.18. The van der Waals surface area contributed by atoms with E-state index in [0.717, 1.165) is 11.8 Å². The minimum absolute atomic E-state index is 0.466. The van der Waals surface area contributed by atoms with E-state index in [9.17, 15) is 4.79 Å². The number of aldehydes is 1. The van der Waals surface area contributed by atoms with Crippen LogP contribution in [0, 0.1) is 27.7 Å². The first-order chi connectivity index (χ1) is 9.90. The Morgan fingerprint density at radius 1 is 0.952 bits per heavy atom. The van der Waals surface area contributed by atoms with Gasteiger partial charge in [0, 0.05) is 22.7 Å². The molecular formula is C19H25NO. The fourth-order valence-electron chi connectivity index (χ4n) is 4.14. The first-order valence-electron chi connectivity index (χ1n) is 7.99. The first kappa shape index (κ1) is 14.4. The standard InChI is InChI=1S/C19H25NO/c1-10-7-8-11(2)20-18(10)16(9-21)17-14(5)12(3)13(4)15(6)19(17)20/h9-11H,7-8H2,1-6H3. The van der Waals surface area contributed by atoms with Crippen LogP contribution in [0.3, 0.4) is 0 Å². The van der Waals surface area contributed by atoms with E-state index in [2.05, 4.69) is 46.1 Å². The van der Waals surface area contributed by atoms with Gasteiger partial charge in [-0.1, -0.05) is 6.92 Å². The molecule has 1 aliphatic heterocycles. The van der Waals surface area contributed by atoms with Crippen LogP contribution in [0.15, 0.2) is 0 Å². The monoisotopic (exact) mass is 283 g/mol. The van der Waals surface area contributed by atoms with Crippen molar-refractivity contribution < 1.29 is 4.79 Å². The van der Waals surface area contributed by atoms with Crippen molar-refractivity contribution in [1.29, 1.82) is 0 Å². The van der Waals surface area contributed by atoms with Gasteiger partial charge in [0.15, 0.2) is 6.29 Å². The summed E-state index contributed by atoms with van der Waals surface area (Å²) in [6.07, 6.45) is 3.46. The second kappa shape index (κ2) is 4.72. The van der Waals surface area contributed by atoms with E-state index in [1.165, 1.54) is 51.7 Å². The third-order valence-electron chi connectivity index (χ3n) is 5.74. The highest BCUT2D eigenvalue weighted by Crippen LogP contribution is 2.44. The number of aryl methyl sites for hydroxylation is 2. The van der Waals surface area contributed by atoms with Gasteiger partial charge in [0.1, 0.15) is 0 Å². The quantitative estimate of drug-likeness (QED) is 0.664. The molecule has 2 atom stereocenters. The van der Waals surface area contributed by atoms with Gasteiger partial charge >= 0.3 is 0 Å². The summed E-state index contributed by atoms with van der Waals surface area (Å²) in [6, 6.07) is 0.479. The molecule has 2 aromatic rings. The normalized spacial score (nSPS) is 21.6. The lowest BCUT2D eigenvalue weighted by Gasteiger charge is -2.29. The Bertz CT molecular complexity index is 751. The number of hydrogen-bond donors (Lipinski definition) is 0. The van der Waals surface area contributed by atoms with Crippen molar-refractivity contribution in [2.45, 2.75) is 66.3 Å². The molecule has 0 aliphatic carbocycles. The van der Waals surface area contributed by atoms with Gasteiger partial charge in [0.05, 0.1) is 5.52 Å². The molecule has 2 heterocycles. The molecule has 0 saturated heterocycles. The number of aromatic nitrogens is 1. The molecule has 2 nitrogen and oxygen atoms in total. The Balaban J connectivity index is 2.60. The molecule has 112 valence electrons. The minimum atomic E-state index is 0.466. The van der Waals surface area contributed by atoms with Crippen LogP contribution in [0.25, 0.3) is 10.9 Å². The second-order valence-corrected chi connectivity index (χ2v) is 6.84. The second-order valence-electron chi connectivity index (χ2n) is 6.84. The first-order valence-corrected chi connectivity index (χ1v) is 7.99. The zero-order valence-electron chi connectivity index (χ0n) is 14.0. The van der Waals surface area contributed by atoms with Gasteiger partial charge in [0.2, 0.25) is 0 Å². The van der Waals surface area contributed by atoms with Gasteiger partial charge in [-0.15, -0.1) is 0 Å². The molecule has 2 unspecified atom stereocenters. The third kappa shape index (κ3) is 1.74. The molecule has 0 fully saturated rings. The molecule has 3 rings (SSSR count). The molecule has 0 saturated carbocycles. The van der Waals surface area contributed by atoms with Gasteiger partial charge in [0.25, 0.3) is 0 Å². The van der Waals surface area contributed by atoms with Crippen LogP contribution in [0.4, 0.5) is 0 Å². The van der Waals surface area contributed by atoms with Crippen molar-refractivity contribution in [1.82, 2.24) is 4.57 Å². The fraction of sp³-hybridized carbons (Fsp3) is 0.526. The van der Waals surface area contributed by atoms with Crippen molar-refractivity contribution in [2.24, 2.45) is 0 Å². The summed E-state index contributed by atoms with van der Waals surface area (Å²) in [6.45, 7) is 13.3. The summed E-state index contributed by atoms with van der Waals surface area (Å²) in [5.41, 5.74) is 8.80. The molecule has 0 radical (unpaired) electrons. The predicted molar refractivity (Wildman–Crippen MR) is 88.6 cm³/mol. The molecule has 0 amide bonds. The van der Waals surface area contributed by atoms with E-state index >= 15 is 0 Å². The summed E-state index contributed by atoms with van der Waals surface area (Å²) >= 11 is 0. The van der Waals surface area contributed by atoms with Crippen LogP contribution >= 0.6 is 0 Å². The van der Waals surface area contributed by atoms with E-state index in [0.29, 0.717) is 12.0 Å². The maximum absolute atomic E-state index is 11.9. The summed E-state index contributed by atoms with van der Waals surface area (Å²) in [7, 11) is 0. The maximum atomic E-state index is 11.9. The van der Waals surface area contributed by atoms with Crippen LogP contribution < -0.4 is 0 Å². The Morgan fingerprint density at radius 3 is 2.19 bits per heavy atom. The minimum Gasteiger partial charge on any atom is -0.341 e. The topological polar surface area (TPSA) is 22.0 Å². The van der Waals surface area contributed by atoms with Crippen molar-refractivity contribution in [3.8, 4) is 0 Å². The van der Waals surface area contributed by atoms with Crippen LogP contribution in [-0.2, 0) is 0 Å². The number of carbonyl (C=O) groups excluding carboxylic acids is 1. The van der Waals surface area contributed by atoms with E-state index in [1.54, 1.807) is 0 Å². The van der Waals surface area contributed by atoms with Crippen LogP contribution in [0.2, 0.25) is 0 Å². The van der Waals surface area contributed by atoms with Gasteiger partial charge in [-0.25, -0.2) is 0 Å². The smallest absolute Gasteiger partial charge is 0.152 e. The third-order valence-corrected chi connectivity index (χ3v) is 5.74. The SMILES string of the molecule is Cc1c(C)c(C)c2c(c1C)c(C=O)c1n2C(C)CCC1C. The molecule has 0 bridgehead atoms. The van der Waals surface area contributed by atoms with Gasteiger partial charge in [-0.05, 0) is 75.6 Å². The zero-order valence-corrected chi connectivity index (χ0v) is 14.0. The average molecular weight is 283 g/mol. The van der Waals surface area contributed by atoms with Crippen LogP contribution in [-0.4, -0.2) is 10.9 Å². The average Bonchev–Trinajstić information content (AvgIpc) is 2.83. The largest absolute Gasteiger partial charge is 0.341 e. The zero-order chi connectivity index (χ0) is 15.5. The number of hydrogen-bond acceptors (Lipinski definition) is 1. The predicted octanol–water partition coefficient (Wildman–Crippen LogP) is 5.15. The molecule has 1 aromatic heterocycles. The summed E-state index contributed by atoms with van der Waals surface area (Å²) in [4.78, 5) is 11.9. The number of carbonyl (C=O) groups is 1. The lowest BCUT2D eigenvalue weighted by atomic mass is 9.91. The van der Waals surface area contributed by atoms with Gasteiger partial charge in [-0.3, -0.25) is 4.79 Å². The molecular weight excluding hydrogens is 258 g/mol. The Morgan fingerprint density at radius 2 is 1.57 bits per heavy atom. The fourth-order valence-corrected chi connectivity index (χ4v) is 4.14. The van der Waals surface area contributed by atoms with Crippen molar-refractivity contribution in [3.63, 3.8) is 0 Å².